The Labute approximate surface area is 139 Å². The molecule has 0 aliphatic carbocycles. The number of anilines is 2. The van der Waals surface area contributed by atoms with Crippen molar-refractivity contribution in [3.05, 3.63) is 23.2 Å². The average Bonchev–Trinajstić information content (AvgIpc) is 2.99. The summed E-state index contributed by atoms with van der Waals surface area (Å²) in [5.41, 5.74) is 1.66. The summed E-state index contributed by atoms with van der Waals surface area (Å²) in [5.74, 6) is -0.257. The standard InChI is InChI=1S/C15H19ClN4O3/c16-11-2-1-3-12(14(11)19-6-8-23-9-7-19)18-10-13(21)20-5-4-17-15(20)22/h1-3,18H,4-10H2,(H,17,22). The van der Waals surface area contributed by atoms with E-state index >= 15 is 0 Å². The summed E-state index contributed by atoms with van der Waals surface area (Å²) in [6.45, 7) is 3.76. The maximum absolute atomic E-state index is 12.1. The van der Waals surface area contributed by atoms with Gasteiger partial charge in [0.25, 0.3) is 0 Å². The van der Waals surface area contributed by atoms with Crippen LogP contribution < -0.4 is 15.5 Å². The van der Waals surface area contributed by atoms with Gasteiger partial charge < -0.3 is 20.3 Å². The molecule has 124 valence electrons. The van der Waals surface area contributed by atoms with Gasteiger partial charge in [0.05, 0.1) is 36.2 Å². The molecule has 0 spiro atoms. The summed E-state index contributed by atoms with van der Waals surface area (Å²) in [4.78, 5) is 27.0. The van der Waals surface area contributed by atoms with Gasteiger partial charge in [0.1, 0.15) is 0 Å². The van der Waals surface area contributed by atoms with Crippen LogP contribution >= 0.6 is 11.6 Å². The van der Waals surface area contributed by atoms with Crippen LogP contribution in [0.2, 0.25) is 5.02 Å². The molecule has 2 N–H and O–H groups in total. The van der Waals surface area contributed by atoms with Crippen molar-refractivity contribution in [1.29, 1.82) is 0 Å². The molecule has 0 saturated carbocycles. The van der Waals surface area contributed by atoms with Crippen molar-refractivity contribution in [2.24, 2.45) is 0 Å². The lowest BCUT2D eigenvalue weighted by Gasteiger charge is -2.31. The average molecular weight is 339 g/mol. The third-order valence-corrected chi connectivity index (χ3v) is 4.21. The lowest BCUT2D eigenvalue weighted by atomic mass is 10.2. The van der Waals surface area contributed by atoms with E-state index in [-0.39, 0.29) is 18.5 Å². The number of nitrogens with zero attached hydrogens (tertiary/aromatic N) is 2. The van der Waals surface area contributed by atoms with Crippen LogP contribution in [0, 0.1) is 0 Å². The number of imide groups is 1. The Morgan fingerprint density at radius 1 is 1.30 bits per heavy atom. The summed E-state index contributed by atoms with van der Waals surface area (Å²) in [7, 11) is 0. The molecule has 1 aromatic carbocycles. The predicted octanol–water partition coefficient (Wildman–Crippen LogP) is 1.14. The van der Waals surface area contributed by atoms with Crippen LogP contribution in [-0.2, 0) is 9.53 Å². The number of carbonyl (C=O) groups is 2. The normalized spacial score (nSPS) is 18.0. The van der Waals surface area contributed by atoms with Crippen LogP contribution in [-0.4, -0.2) is 62.8 Å². The zero-order valence-corrected chi connectivity index (χ0v) is 13.4. The van der Waals surface area contributed by atoms with E-state index in [0.29, 0.717) is 31.3 Å². The lowest BCUT2D eigenvalue weighted by molar-refractivity contribution is -0.125. The highest BCUT2D eigenvalue weighted by molar-refractivity contribution is 6.34. The Morgan fingerprint density at radius 2 is 2.09 bits per heavy atom. The lowest BCUT2D eigenvalue weighted by Crippen LogP contribution is -2.39. The van der Waals surface area contributed by atoms with E-state index in [1.54, 1.807) is 0 Å². The number of para-hydroxylation sites is 1. The van der Waals surface area contributed by atoms with E-state index in [0.717, 1.165) is 24.5 Å². The molecule has 7 nitrogen and oxygen atoms in total. The third kappa shape index (κ3) is 3.51. The molecule has 23 heavy (non-hydrogen) atoms. The van der Waals surface area contributed by atoms with Crippen LogP contribution in [0.15, 0.2) is 18.2 Å². The quantitative estimate of drug-likeness (QED) is 0.861. The minimum Gasteiger partial charge on any atom is -0.378 e. The zero-order chi connectivity index (χ0) is 16.2. The number of rotatable bonds is 4. The maximum Gasteiger partial charge on any atom is 0.324 e. The summed E-state index contributed by atoms with van der Waals surface area (Å²) in [6.07, 6.45) is 0. The molecule has 2 heterocycles. The van der Waals surface area contributed by atoms with Crippen molar-refractivity contribution >= 4 is 34.9 Å². The molecule has 2 aliphatic heterocycles. The van der Waals surface area contributed by atoms with E-state index in [1.807, 2.05) is 18.2 Å². The van der Waals surface area contributed by atoms with Crippen molar-refractivity contribution in [3.8, 4) is 0 Å². The predicted molar refractivity (Wildman–Crippen MR) is 88.1 cm³/mol. The number of hydrogen-bond acceptors (Lipinski definition) is 5. The van der Waals surface area contributed by atoms with Crippen LogP contribution in [0.4, 0.5) is 16.2 Å². The molecule has 3 amide bonds. The number of carbonyl (C=O) groups excluding carboxylic acids is 2. The smallest absolute Gasteiger partial charge is 0.324 e. The van der Waals surface area contributed by atoms with E-state index in [9.17, 15) is 9.59 Å². The zero-order valence-electron chi connectivity index (χ0n) is 12.7. The largest absolute Gasteiger partial charge is 0.378 e. The van der Waals surface area contributed by atoms with Crippen LogP contribution in [0.5, 0.6) is 0 Å². The second kappa shape index (κ2) is 7.06. The second-order valence-corrected chi connectivity index (χ2v) is 5.77. The third-order valence-electron chi connectivity index (χ3n) is 3.90. The second-order valence-electron chi connectivity index (χ2n) is 5.37. The molecule has 3 rings (SSSR count). The number of halogens is 1. The Balaban J connectivity index is 1.71. The molecule has 1 aromatic rings. The van der Waals surface area contributed by atoms with Gasteiger partial charge >= 0.3 is 6.03 Å². The molecule has 0 aromatic heterocycles. The van der Waals surface area contributed by atoms with Crippen molar-refractivity contribution in [2.75, 3.05) is 56.2 Å². The maximum atomic E-state index is 12.1. The van der Waals surface area contributed by atoms with E-state index in [4.69, 9.17) is 16.3 Å². The molecule has 0 bridgehead atoms. The van der Waals surface area contributed by atoms with Crippen molar-refractivity contribution in [2.45, 2.75) is 0 Å². The fourth-order valence-electron chi connectivity index (χ4n) is 2.74. The SMILES string of the molecule is O=C(CNc1cccc(Cl)c1N1CCOCC1)N1CCNC1=O. The molecule has 0 atom stereocenters. The Morgan fingerprint density at radius 3 is 2.78 bits per heavy atom. The Hall–Kier alpha value is -1.99. The summed E-state index contributed by atoms with van der Waals surface area (Å²) < 4.78 is 5.37. The van der Waals surface area contributed by atoms with Crippen molar-refractivity contribution < 1.29 is 14.3 Å². The van der Waals surface area contributed by atoms with Gasteiger partial charge in [0.2, 0.25) is 5.91 Å². The topological polar surface area (TPSA) is 73.9 Å². The molecule has 2 saturated heterocycles. The Bertz CT molecular complexity index is 604. The fraction of sp³-hybridized carbons (Fsp3) is 0.467. The van der Waals surface area contributed by atoms with Crippen LogP contribution in [0.25, 0.3) is 0 Å². The van der Waals surface area contributed by atoms with Gasteiger partial charge in [-0.3, -0.25) is 9.69 Å². The molecule has 8 heteroatoms. The highest BCUT2D eigenvalue weighted by Gasteiger charge is 2.26. The minimum absolute atomic E-state index is 0.0467. The molecule has 2 fully saturated rings. The monoisotopic (exact) mass is 338 g/mol. The highest BCUT2D eigenvalue weighted by Crippen LogP contribution is 2.34. The molecule has 0 unspecified atom stereocenters. The van der Waals surface area contributed by atoms with Crippen molar-refractivity contribution in [3.63, 3.8) is 0 Å². The van der Waals surface area contributed by atoms with Crippen molar-refractivity contribution in [1.82, 2.24) is 10.2 Å². The highest BCUT2D eigenvalue weighted by atomic mass is 35.5. The number of ether oxygens (including phenoxy) is 1. The summed E-state index contributed by atoms with van der Waals surface area (Å²) in [6, 6.07) is 5.21. The van der Waals surface area contributed by atoms with Gasteiger partial charge in [-0.05, 0) is 12.1 Å². The molecular weight excluding hydrogens is 320 g/mol. The van der Waals surface area contributed by atoms with Gasteiger partial charge in [-0.25, -0.2) is 4.79 Å². The van der Waals surface area contributed by atoms with E-state index in [1.165, 1.54) is 4.90 Å². The molecular formula is C15H19ClN4O3. The van der Waals surface area contributed by atoms with Gasteiger partial charge in [-0.2, -0.15) is 0 Å². The Kier molecular flexibility index (Phi) is 4.88. The molecule has 0 radical (unpaired) electrons. The first-order valence-corrected chi connectivity index (χ1v) is 7.98. The first-order chi connectivity index (χ1) is 11.2. The fourth-order valence-corrected chi connectivity index (χ4v) is 3.04. The first kappa shape index (κ1) is 15.9. The number of benzene rings is 1. The van der Waals surface area contributed by atoms with E-state index < -0.39 is 0 Å². The van der Waals surface area contributed by atoms with E-state index in [2.05, 4.69) is 15.5 Å². The summed E-state index contributed by atoms with van der Waals surface area (Å²) in [5, 5.41) is 6.35. The molecule has 2 aliphatic rings. The number of hydrogen-bond donors (Lipinski definition) is 2. The number of amides is 3. The van der Waals surface area contributed by atoms with Gasteiger partial charge in [0.15, 0.2) is 0 Å². The van der Waals surface area contributed by atoms with Gasteiger partial charge in [-0.1, -0.05) is 17.7 Å². The first-order valence-electron chi connectivity index (χ1n) is 7.60. The number of urea groups is 1. The van der Waals surface area contributed by atoms with Gasteiger partial charge in [0, 0.05) is 26.2 Å². The summed E-state index contributed by atoms with van der Waals surface area (Å²) >= 11 is 6.35. The minimum atomic E-state index is -0.337. The number of morpholine rings is 1. The van der Waals surface area contributed by atoms with Gasteiger partial charge in [-0.15, -0.1) is 0 Å². The van der Waals surface area contributed by atoms with Crippen LogP contribution in [0.1, 0.15) is 0 Å². The number of nitrogens with one attached hydrogen (secondary N) is 2. The van der Waals surface area contributed by atoms with Crippen LogP contribution in [0.3, 0.4) is 0 Å².